The number of nitrogens with zero attached hydrogens (tertiary/aromatic N) is 3. The summed E-state index contributed by atoms with van der Waals surface area (Å²) in [6.45, 7) is 3.88. The van der Waals surface area contributed by atoms with Gasteiger partial charge in [0.25, 0.3) is 0 Å². The molecule has 1 heterocycles. The van der Waals surface area contributed by atoms with Gasteiger partial charge in [0.1, 0.15) is 12.6 Å². The molecule has 1 fully saturated rings. The van der Waals surface area contributed by atoms with Gasteiger partial charge in [0.05, 0.1) is 18.4 Å². The Hall–Kier alpha value is -2.59. The highest BCUT2D eigenvalue weighted by Gasteiger charge is 2.19. The highest BCUT2D eigenvalue weighted by atomic mass is 16.5. The number of hydrogen-bond donors (Lipinski definition) is 1. The number of methoxy groups -OCH3 is 1. The molecule has 1 aliphatic rings. The molecule has 1 N–H and O–H groups in total. The Labute approximate surface area is 141 Å². The van der Waals surface area contributed by atoms with E-state index in [2.05, 4.69) is 25.9 Å². The summed E-state index contributed by atoms with van der Waals surface area (Å²) in [4.78, 5) is 27.1. The van der Waals surface area contributed by atoms with Gasteiger partial charge in [-0.2, -0.15) is 5.26 Å². The van der Waals surface area contributed by atoms with E-state index in [1.165, 1.54) is 7.11 Å². The number of carbonyl (C=O) groups excluding carboxylic acids is 2. The molecule has 0 aromatic heterocycles. The van der Waals surface area contributed by atoms with Crippen molar-refractivity contribution in [3.05, 3.63) is 29.8 Å². The summed E-state index contributed by atoms with van der Waals surface area (Å²) in [7, 11) is 1.29. The first-order valence-electron chi connectivity index (χ1n) is 7.94. The number of esters is 1. The van der Waals surface area contributed by atoms with E-state index in [0.29, 0.717) is 18.5 Å². The van der Waals surface area contributed by atoms with E-state index in [1.807, 2.05) is 24.3 Å². The second-order valence-corrected chi connectivity index (χ2v) is 5.56. The minimum Gasteiger partial charge on any atom is -0.468 e. The zero-order valence-corrected chi connectivity index (χ0v) is 13.8. The summed E-state index contributed by atoms with van der Waals surface area (Å²) < 4.78 is 4.48. The van der Waals surface area contributed by atoms with Crippen molar-refractivity contribution in [3.63, 3.8) is 0 Å². The molecule has 0 aliphatic carbocycles. The number of benzene rings is 1. The molecule has 2 rings (SSSR count). The molecule has 0 atom stereocenters. The number of nitriles is 1. The van der Waals surface area contributed by atoms with Gasteiger partial charge in [0.15, 0.2) is 0 Å². The molecule has 0 saturated carbocycles. The lowest BCUT2D eigenvalue weighted by Crippen LogP contribution is -2.47. The van der Waals surface area contributed by atoms with Gasteiger partial charge < -0.3 is 15.0 Å². The topological polar surface area (TPSA) is 85.7 Å². The van der Waals surface area contributed by atoms with Crippen LogP contribution >= 0.6 is 0 Å². The molecule has 7 nitrogen and oxygen atoms in total. The van der Waals surface area contributed by atoms with Crippen molar-refractivity contribution in [2.75, 3.05) is 51.3 Å². The Morgan fingerprint density at radius 1 is 1.25 bits per heavy atom. The number of para-hydroxylation sites is 1. The van der Waals surface area contributed by atoms with Gasteiger partial charge in [-0.25, -0.2) is 0 Å². The maximum absolute atomic E-state index is 11.7. The van der Waals surface area contributed by atoms with Crippen LogP contribution < -0.4 is 10.2 Å². The summed E-state index contributed by atoms with van der Waals surface area (Å²) in [5.41, 5.74) is 1.66. The van der Waals surface area contributed by atoms with Crippen molar-refractivity contribution < 1.29 is 14.3 Å². The Morgan fingerprint density at radius 2 is 1.96 bits per heavy atom. The number of amides is 1. The summed E-state index contributed by atoms with van der Waals surface area (Å²) in [6, 6.07) is 9.82. The number of piperazine rings is 1. The van der Waals surface area contributed by atoms with E-state index in [9.17, 15) is 14.9 Å². The van der Waals surface area contributed by atoms with E-state index in [1.54, 1.807) is 0 Å². The quantitative estimate of drug-likeness (QED) is 0.758. The van der Waals surface area contributed by atoms with Crippen molar-refractivity contribution in [3.8, 4) is 6.07 Å². The average molecular weight is 330 g/mol. The second kappa shape index (κ2) is 8.89. The average Bonchev–Trinajstić information content (AvgIpc) is 2.64. The van der Waals surface area contributed by atoms with E-state index >= 15 is 0 Å². The Morgan fingerprint density at radius 3 is 2.62 bits per heavy atom. The number of ether oxygens (including phenoxy) is 1. The zero-order valence-electron chi connectivity index (χ0n) is 13.8. The van der Waals surface area contributed by atoms with Gasteiger partial charge in [-0.3, -0.25) is 14.5 Å². The van der Waals surface area contributed by atoms with Gasteiger partial charge in [-0.15, -0.1) is 0 Å². The van der Waals surface area contributed by atoms with E-state index in [4.69, 9.17) is 0 Å². The molecule has 1 aromatic rings. The Bertz CT molecular complexity index is 619. The number of anilines is 1. The Kier molecular flexibility index (Phi) is 6.58. The lowest BCUT2D eigenvalue weighted by Gasteiger charge is -2.36. The minimum absolute atomic E-state index is 0.0892. The van der Waals surface area contributed by atoms with Crippen LogP contribution in [0.4, 0.5) is 5.69 Å². The van der Waals surface area contributed by atoms with Crippen LogP contribution in [0, 0.1) is 11.3 Å². The molecule has 0 radical (unpaired) electrons. The third-order valence-corrected chi connectivity index (χ3v) is 4.05. The third kappa shape index (κ3) is 4.96. The number of carbonyl (C=O) groups is 2. The molecular weight excluding hydrogens is 308 g/mol. The summed E-state index contributed by atoms with van der Waals surface area (Å²) >= 11 is 0. The smallest absolute Gasteiger partial charge is 0.325 e. The number of rotatable bonds is 6. The number of hydrogen-bond acceptors (Lipinski definition) is 6. The van der Waals surface area contributed by atoms with E-state index in [0.717, 1.165) is 31.9 Å². The summed E-state index contributed by atoms with van der Waals surface area (Å²) in [5.74, 6) is -0.606. The van der Waals surface area contributed by atoms with E-state index < -0.39 is 5.97 Å². The predicted molar refractivity (Wildman–Crippen MR) is 89.5 cm³/mol. The molecule has 24 heavy (non-hydrogen) atoms. The van der Waals surface area contributed by atoms with Crippen LogP contribution in [0.5, 0.6) is 0 Å². The highest BCUT2D eigenvalue weighted by Crippen LogP contribution is 2.20. The fourth-order valence-electron chi connectivity index (χ4n) is 2.65. The molecular formula is C17H22N4O3. The fourth-order valence-corrected chi connectivity index (χ4v) is 2.65. The van der Waals surface area contributed by atoms with Crippen LogP contribution in [0.3, 0.4) is 0 Å². The van der Waals surface area contributed by atoms with Crippen molar-refractivity contribution in [1.82, 2.24) is 10.2 Å². The first kappa shape index (κ1) is 17.8. The van der Waals surface area contributed by atoms with Crippen LogP contribution in [-0.4, -0.2) is 63.2 Å². The normalized spacial score (nSPS) is 14.8. The van der Waals surface area contributed by atoms with Gasteiger partial charge in [0.2, 0.25) is 5.91 Å². The van der Waals surface area contributed by atoms with Crippen LogP contribution in [0.1, 0.15) is 12.0 Å². The molecule has 0 spiro atoms. The van der Waals surface area contributed by atoms with Crippen molar-refractivity contribution in [2.45, 2.75) is 6.42 Å². The van der Waals surface area contributed by atoms with Crippen LogP contribution in [0.15, 0.2) is 24.3 Å². The standard InChI is InChI=1S/C17H22N4O3/c1-24-17(23)13-19-16(22)6-7-20-8-10-21(11-9-20)15-5-3-2-4-14(15)12-18/h2-5H,6-11,13H2,1H3,(H,19,22). The molecule has 1 saturated heterocycles. The first-order valence-corrected chi connectivity index (χ1v) is 7.94. The monoisotopic (exact) mass is 330 g/mol. The molecule has 1 aliphatic heterocycles. The third-order valence-electron chi connectivity index (χ3n) is 4.05. The van der Waals surface area contributed by atoms with Crippen molar-refractivity contribution in [2.24, 2.45) is 0 Å². The highest BCUT2D eigenvalue weighted by molar-refractivity contribution is 5.81. The lowest BCUT2D eigenvalue weighted by atomic mass is 10.1. The SMILES string of the molecule is COC(=O)CNC(=O)CCN1CCN(c2ccccc2C#N)CC1. The molecule has 0 bridgehead atoms. The fraction of sp³-hybridized carbons (Fsp3) is 0.471. The zero-order chi connectivity index (χ0) is 17.4. The van der Waals surface area contributed by atoms with Crippen molar-refractivity contribution >= 4 is 17.6 Å². The van der Waals surface area contributed by atoms with Gasteiger partial charge in [-0.1, -0.05) is 12.1 Å². The van der Waals surface area contributed by atoms with Crippen LogP contribution in [0.2, 0.25) is 0 Å². The Balaban J connectivity index is 1.74. The van der Waals surface area contributed by atoms with Crippen LogP contribution in [-0.2, 0) is 14.3 Å². The van der Waals surface area contributed by atoms with Crippen molar-refractivity contribution in [1.29, 1.82) is 5.26 Å². The van der Waals surface area contributed by atoms with E-state index in [-0.39, 0.29) is 12.5 Å². The molecule has 1 amide bonds. The van der Waals surface area contributed by atoms with Gasteiger partial charge >= 0.3 is 5.97 Å². The molecule has 128 valence electrons. The molecule has 1 aromatic carbocycles. The van der Waals surface area contributed by atoms with Crippen LogP contribution in [0.25, 0.3) is 0 Å². The second-order valence-electron chi connectivity index (χ2n) is 5.56. The summed E-state index contributed by atoms with van der Waals surface area (Å²) in [5, 5.41) is 11.7. The predicted octanol–water partition coefficient (Wildman–Crippen LogP) is 0.360. The lowest BCUT2D eigenvalue weighted by molar-refractivity contribution is -0.141. The first-order chi connectivity index (χ1) is 11.6. The van der Waals surface area contributed by atoms with Gasteiger partial charge in [-0.05, 0) is 12.1 Å². The summed E-state index contributed by atoms with van der Waals surface area (Å²) in [6.07, 6.45) is 0.353. The van der Waals surface area contributed by atoms with Gasteiger partial charge in [0, 0.05) is 39.1 Å². The maximum atomic E-state index is 11.7. The molecule has 0 unspecified atom stereocenters. The largest absolute Gasteiger partial charge is 0.468 e. The number of nitrogens with one attached hydrogen (secondary N) is 1. The maximum Gasteiger partial charge on any atom is 0.325 e. The minimum atomic E-state index is -0.451. The molecule has 7 heteroatoms.